The first-order valence-corrected chi connectivity index (χ1v) is 26.5. The summed E-state index contributed by atoms with van der Waals surface area (Å²) in [5.41, 5.74) is 9.69. The van der Waals surface area contributed by atoms with Gasteiger partial charge in [0.05, 0.1) is 17.8 Å². The highest BCUT2D eigenvalue weighted by atomic mass is 16.5. The second-order valence-electron chi connectivity index (χ2n) is 19.9. The van der Waals surface area contributed by atoms with Gasteiger partial charge in [-0.1, -0.05) is 122 Å². The monoisotopic (exact) mass is 993 g/mol. The van der Waals surface area contributed by atoms with Crippen LogP contribution in [-0.4, -0.2) is 79.2 Å². The van der Waals surface area contributed by atoms with E-state index >= 15 is 0 Å². The van der Waals surface area contributed by atoms with E-state index in [-0.39, 0.29) is 49.7 Å². The molecule has 0 aliphatic carbocycles. The van der Waals surface area contributed by atoms with E-state index in [9.17, 15) is 30.0 Å². The SMILES string of the molecule is CCC(O)(C#Cc1ccc(C(CC)(CC)c2ccc(OC[C@@H](O)CCC(=O)O)c(C)c2)cc1C)CC.CCC(O)(CC)CCc1ccc(C(CC)(CC)c2ccc(OC[C@@H](O)CCC(=O)O)c(C)c2)cc1C. The van der Waals surface area contributed by atoms with Crippen LogP contribution in [0.2, 0.25) is 0 Å². The molecule has 72 heavy (non-hydrogen) atoms. The molecule has 0 unspecified atom stereocenters. The molecule has 0 aliphatic rings. The number of carboxylic acids is 2. The van der Waals surface area contributed by atoms with E-state index in [1.54, 1.807) is 0 Å². The standard InChI is InChI=1S/C31H46O5.C31H42O5/c2*1-7-30(35,8-2)18-17-24-11-12-25(19-22(24)5)31(9-3,10-4)26-13-15-28(23(6)20-26)36-21-27(32)14-16-29(33)34/h11-13,15,19-20,27,32,35H,7-10,14,16-18,21H2,1-6H3,(H,33,34);11-13,15,19-20,27,32,35H,7-10,14,16,21H2,1-6H3,(H,33,34)/t2*27-/m00/s1. The lowest BCUT2D eigenvalue weighted by atomic mass is 9.69. The summed E-state index contributed by atoms with van der Waals surface area (Å²) >= 11 is 0. The zero-order valence-electron chi connectivity index (χ0n) is 45.7. The quantitative estimate of drug-likeness (QED) is 0.0316. The van der Waals surface area contributed by atoms with Gasteiger partial charge in [-0.05, 0) is 173 Å². The fraction of sp³-hybridized carbons (Fsp3) is 0.548. The van der Waals surface area contributed by atoms with E-state index in [1.165, 1.54) is 33.4 Å². The molecule has 0 amide bonds. The molecular formula is C62H88O10. The Kier molecular flexibility index (Phi) is 24.0. The number of carboxylic acid groups (broad SMARTS) is 2. The van der Waals surface area contributed by atoms with Crippen molar-refractivity contribution >= 4 is 11.9 Å². The number of aliphatic hydroxyl groups excluding tert-OH is 2. The number of hydrogen-bond donors (Lipinski definition) is 6. The summed E-state index contributed by atoms with van der Waals surface area (Å²) < 4.78 is 11.6. The molecule has 2 atom stereocenters. The maximum Gasteiger partial charge on any atom is 0.303 e. The highest BCUT2D eigenvalue weighted by Gasteiger charge is 2.33. The molecule has 0 bridgehead atoms. The fourth-order valence-electron chi connectivity index (χ4n) is 9.76. The van der Waals surface area contributed by atoms with Gasteiger partial charge in [0.25, 0.3) is 0 Å². The maximum absolute atomic E-state index is 10.7. The molecule has 0 fully saturated rings. The van der Waals surface area contributed by atoms with E-state index in [1.807, 2.05) is 39.8 Å². The summed E-state index contributed by atoms with van der Waals surface area (Å²) in [7, 11) is 0. The van der Waals surface area contributed by atoms with Crippen molar-refractivity contribution in [2.24, 2.45) is 0 Å². The van der Waals surface area contributed by atoms with Gasteiger partial charge >= 0.3 is 11.9 Å². The van der Waals surface area contributed by atoms with Crippen LogP contribution in [0.4, 0.5) is 0 Å². The molecule has 396 valence electrons. The third-order valence-electron chi connectivity index (χ3n) is 15.6. The molecule has 0 aromatic heterocycles. The van der Waals surface area contributed by atoms with Gasteiger partial charge in [-0.2, -0.15) is 0 Å². The minimum absolute atomic E-state index is 0.0625. The van der Waals surface area contributed by atoms with Crippen LogP contribution < -0.4 is 9.47 Å². The Labute approximate surface area is 432 Å². The normalized spacial score (nSPS) is 12.8. The predicted octanol–water partition coefficient (Wildman–Crippen LogP) is 12.4. The molecular weight excluding hydrogens is 905 g/mol. The van der Waals surface area contributed by atoms with E-state index in [0.29, 0.717) is 24.3 Å². The van der Waals surface area contributed by atoms with Gasteiger partial charge in [0.1, 0.15) is 30.3 Å². The third kappa shape index (κ3) is 16.4. The number of aliphatic carboxylic acids is 2. The van der Waals surface area contributed by atoms with Gasteiger partial charge in [0.2, 0.25) is 0 Å². The predicted molar refractivity (Wildman–Crippen MR) is 290 cm³/mol. The number of rotatable bonds is 27. The van der Waals surface area contributed by atoms with Gasteiger partial charge < -0.3 is 40.1 Å². The smallest absolute Gasteiger partial charge is 0.303 e. The van der Waals surface area contributed by atoms with Crippen molar-refractivity contribution < 1.29 is 49.7 Å². The van der Waals surface area contributed by atoms with Crippen LogP contribution in [0.15, 0.2) is 72.8 Å². The zero-order chi connectivity index (χ0) is 53.9. The van der Waals surface area contributed by atoms with E-state index in [2.05, 4.69) is 128 Å². The fourth-order valence-corrected chi connectivity index (χ4v) is 9.76. The molecule has 0 saturated carbocycles. The first-order valence-electron chi connectivity index (χ1n) is 26.5. The summed E-state index contributed by atoms with van der Waals surface area (Å²) in [5.74, 6) is 5.81. The number of aliphatic hydroxyl groups is 4. The molecule has 0 aliphatic heterocycles. The molecule has 4 aromatic rings. The van der Waals surface area contributed by atoms with Crippen LogP contribution in [0.25, 0.3) is 0 Å². The van der Waals surface area contributed by atoms with Crippen molar-refractivity contribution in [2.45, 2.75) is 207 Å². The largest absolute Gasteiger partial charge is 0.491 e. The van der Waals surface area contributed by atoms with Gasteiger partial charge in [0.15, 0.2) is 0 Å². The van der Waals surface area contributed by atoms with E-state index < -0.39 is 35.3 Å². The lowest BCUT2D eigenvalue weighted by Gasteiger charge is -2.34. The van der Waals surface area contributed by atoms with Crippen LogP contribution in [0.3, 0.4) is 0 Å². The highest BCUT2D eigenvalue weighted by Crippen LogP contribution is 2.43. The molecule has 0 radical (unpaired) electrons. The first kappa shape index (κ1) is 61.1. The van der Waals surface area contributed by atoms with Crippen molar-refractivity contribution in [3.8, 4) is 23.3 Å². The Morgan fingerprint density at radius 3 is 1.26 bits per heavy atom. The summed E-state index contributed by atoms with van der Waals surface area (Å²) in [6.07, 6.45) is 6.72. The minimum Gasteiger partial charge on any atom is -0.491 e. The Morgan fingerprint density at radius 1 is 0.528 bits per heavy atom. The van der Waals surface area contributed by atoms with E-state index in [4.69, 9.17) is 19.7 Å². The first-order chi connectivity index (χ1) is 34.1. The number of hydrogen-bond acceptors (Lipinski definition) is 8. The van der Waals surface area contributed by atoms with Crippen molar-refractivity contribution in [3.63, 3.8) is 0 Å². The lowest BCUT2D eigenvalue weighted by Crippen LogP contribution is -2.28. The Balaban J connectivity index is 0.000000380. The second kappa shape index (κ2) is 28.3. The highest BCUT2D eigenvalue weighted by molar-refractivity contribution is 5.67. The Morgan fingerprint density at radius 2 is 0.917 bits per heavy atom. The van der Waals surface area contributed by atoms with Crippen LogP contribution >= 0.6 is 0 Å². The summed E-state index contributed by atoms with van der Waals surface area (Å²) in [6, 6.07) is 25.7. The maximum atomic E-state index is 10.7. The molecule has 10 heteroatoms. The summed E-state index contributed by atoms with van der Waals surface area (Å²) in [6.45, 7) is 25.2. The summed E-state index contributed by atoms with van der Waals surface area (Å²) in [5, 5.41) is 58.8. The van der Waals surface area contributed by atoms with Gasteiger partial charge in [-0.25, -0.2) is 0 Å². The van der Waals surface area contributed by atoms with Gasteiger partial charge in [-0.3, -0.25) is 9.59 Å². The molecule has 4 rings (SSSR count). The van der Waals surface area contributed by atoms with Crippen LogP contribution in [-0.2, 0) is 26.8 Å². The van der Waals surface area contributed by atoms with Gasteiger partial charge in [0, 0.05) is 29.2 Å². The molecule has 10 nitrogen and oxygen atoms in total. The second-order valence-corrected chi connectivity index (χ2v) is 19.9. The average Bonchev–Trinajstić information content (AvgIpc) is 3.37. The van der Waals surface area contributed by atoms with Crippen LogP contribution in [0.5, 0.6) is 11.5 Å². The van der Waals surface area contributed by atoms with Crippen molar-refractivity contribution in [2.75, 3.05) is 13.2 Å². The number of carbonyl (C=O) groups is 2. The number of aryl methyl sites for hydroxylation is 5. The van der Waals surface area contributed by atoms with Crippen LogP contribution in [0, 0.1) is 39.5 Å². The zero-order valence-corrected chi connectivity index (χ0v) is 45.7. The lowest BCUT2D eigenvalue weighted by molar-refractivity contribution is -0.138. The van der Waals surface area contributed by atoms with Gasteiger partial charge in [-0.15, -0.1) is 0 Å². The molecule has 0 saturated heterocycles. The van der Waals surface area contributed by atoms with Crippen molar-refractivity contribution in [3.05, 3.63) is 128 Å². The molecule has 6 N–H and O–H groups in total. The summed E-state index contributed by atoms with van der Waals surface area (Å²) in [4.78, 5) is 21.4. The van der Waals surface area contributed by atoms with Crippen molar-refractivity contribution in [1.29, 1.82) is 0 Å². The topological polar surface area (TPSA) is 174 Å². The van der Waals surface area contributed by atoms with Crippen molar-refractivity contribution in [1.82, 2.24) is 0 Å². The minimum atomic E-state index is -0.949. The average molecular weight is 993 g/mol. The number of ether oxygens (including phenoxy) is 2. The molecule has 0 heterocycles. The number of benzene rings is 4. The van der Waals surface area contributed by atoms with E-state index in [0.717, 1.165) is 73.6 Å². The Hall–Kier alpha value is -5.18. The molecule has 4 aromatic carbocycles. The van der Waals surface area contributed by atoms with Crippen LogP contribution in [0.1, 0.15) is 194 Å². The molecule has 0 spiro atoms. The third-order valence-corrected chi connectivity index (χ3v) is 15.6. The Bertz CT molecular complexity index is 2410.